The van der Waals surface area contributed by atoms with Crippen LogP contribution in [0, 0.1) is 0 Å². The van der Waals surface area contributed by atoms with Gasteiger partial charge in [0.15, 0.2) is 0 Å². The van der Waals surface area contributed by atoms with E-state index in [1.807, 2.05) is 17.8 Å². The monoisotopic (exact) mass is 209 g/mol. The van der Waals surface area contributed by atoms with Crippen molar-refractivity contribution in [2.24, 2.45) is 5.73 Å². The Balaban J connectivity index is 2.07. The molecule has 0 saturated heterocycles. The number of hydrogen-bond donors (Lipinski definition) is 1. The highest BCUT2D eigenvalue weighted by Crippen LogP contribution is 2.34. The Morgan fingerprint density at radius 1 is 1.43 bits per heavy atom. The summed E-state index contributed by atoms with van der Waals surface area (Å²) < 4.78 is 0. The van der Waals surface area contributed by atoms with Gasteiger partial charge in [-0.3, -0.25) is 0 Å². The quantitative estimate of drug-likeness (QED) is 0.827. The molecule has 0 aromatic carbocycles. The van der Waals surface area contributed by atoms with Crippen molar-refractivity contribution in [2.75, 3.05) is 0 Å². The van der Waals surface area contributed by atoms with E-state index in [4.69, 9.17) is 5.73 Å². The summed E-state index contributed by atoms with van der Waals surface area (Å²) in [6.45, 7) is 0.560. The van der Waals surface area contributed by atoms with Gasteiger partial charge in [0.2, 0.25) is 0 Å². The SMILES string of the molecule is NCc1ccnnc1SC1CCCC1. The van der Waals surface area contributed by atoms with Crippen LogP contribution in [0.2, 0.25) is 0 Å². The molecule has 1 aliphatic carbocycles. The number of aromatic nitrogens is 2. The van der Waals surface area contributed by atoms with Crippen molar-refractivity contribution in [1.82, 2.24) is 10.2 Å². The molecule has 14 heavy (non-hydrogen) atoms. The van der Waals surface area contributed by atoms with Crippen LogP contribution in [0.3, 0.4) is 0 Å². The molecule has 0 atom stereocenters. The normalized spacial score (nSPS) is 17.5. The molecule has 1 saturated carbocycles. The second-order valence-electron chi connectivity index (χ2n) is 3.59. The first-order valence-corrected chi connectivity index (χ1v) is 5.95. The maximum atomic E-state index is 5.64. The highest BCUT2D eigenvalue weighted by Gasteiger charge is 2.18. The van der Waals surface area contributed by atoms with Crippen molar-refractivity contribution in [3.63, 3.8) is 0 Å². The van der Waals surface area contributed by atoms with Crippen LogP contribution in [-0.4, -0.2) is 15.4 Å². The lowest BCUT2D eigenvalue weighted by Crippen LogP contribution is -2.03. The highest BCUT2D eigenvalue weighted by molar-refractivity contribution is 7.99. The molecule has 0 radical (unpaired) electrons. The first-order valence-electron chi connectivity index (χ1n) is 5.07. The predicted molar refractivity (Wildman–Crippen MR) is 58.0 cm³/mol. The van der Waals surface area contributed by atoms with Crippen molar-refractivity contribution in [1.29, 1.82) is 0 Å². The van der Waals surface area contributed by atoms with Crippen molar-refractivity contribution in [3.05, 3.63) is 17.8 Å². The molecular weight excluding hydrogens is 194 g/mol. The van der Waals surface area contributed by atoms with Crippen molar-refractivity contribution in [2.45, 2.75) is 42.5 Å². The fourth-order valence-corrected chi connectivity index (χ4v) is 3.05. The summed E-state index contributed by atoms with van der Waals surface area (Å²) >= 11 is 1.85. The molecule has 1 aromatic rings. The standard InChI is InChI=1S/C10H15N3S/c11-7-8-5-6-12-13-10(8)14-9-3-1-2-4-9/h5-6,9H,1-4,7,11H2. The summed E-state index contributed by atoms with van der Waals surface area (Å²) in [5.74, 6) is 0. The Morgan fingerprint density at radius 3 is 2.93 bits per heavy atom. The van der Waals surface area contributed by atoms with Gasteiger partial charge in [-0.15, -0.1) is 16.9 Å². The van der Waals surface area contributed by atoms with Crippen LogP contribution in [0.1, 0.15) is 31.2 Å². The fraction of sp³-hybridized carbons (Fsp3) is 0.600. The molecule has 2 rings (SSSR count). The summed E-state index contributed by atoms with van der Waals surface area (Å²) in [6.07, 6.45) is 7.04. The third-order valence-electron chi connectivity index (χ3n) is 2.57. The molecule has 1 aromatic heterocycles. The minimum atomic E-state index is 0.560. The van der Waals surface area contributed by atoms with Crippen molar-refractivity contribution in [3.8, 4) is 0 Å². The van der Waals surface area contributed by atoms with Crippen molar-refractivity contribution >= 4 is 11.8 Å². The number of nitrogens with zero attached hydrogens (tertiary/aromatic N) is 2. The van der Waals surface area contributed by atoms with E-state index in [0.717, 1.165) is 15.8 Å². The Kier molecular flexibility index (Phi) is 3.37. The first kappa shape index (κ1) is 9.93. The smallest absolute Gasteiger partial charge is 0.124 e. The Bertz CT molecular complexity index is 297. The molecule has 1 aliphatic rings. The molecule has 1 fully saturated rings. The largest absolute Gasteiger partial charge is 0.326 e. The molecule has 3 nitrogen and oxygen atoms in total. The maximum Gasteiger partial charge on any atom is 0.124 e. The average molecular weight is 209 g/mol. The van der Waals surface area contributed by atoms with E-state index < -0.39 is 0 Å². The van der Waals surface area contributed by atoms with Gasteiger partial charge in [0.05, 0.1) is 0 Å². The molecule has 0 aliphatic heterocycles. The molecule has 2 N–H and O–H groups in total. The second-order valence-corrected chi connectivity index (χ2v) is 4.88. The molecule has 76 valence electrons. The van der Waals surface area contributed by atoms with Gasteiger partial charge in [0.25, 0.3) is 0 Å². The summed E-state index contributed by atoms with van der Waals surface area (Å²) in [5, 5.41) is 9.82. The van der Waals surface area contributed by atoms with Crippen LogP contribution < -0.4 is 5.73 Å². The summed E-state index contributed by atoms with van der Waals surface area (Å²) in [5.41, 5.74) is 6.77. The van der Waals surface area contributed by atoms with E-state index in [-0.39, 0.29) is 0 Å². The van der Waals surface area contributed by atoms with E-state index >= 15 is 0 Å². The molecule has 4 heteroatoms. The first-order chi connectivity index (χ1) is 6.90. The topological polar surface area (TPSA) is 51.8 Å². The fourth-order valence-electron chi connectivity index (χ4n) is 1.76. The molecule has 0 bridgehead atoms. The molecule has 1 heterocycles. The number of hydrogen-bond acceptors (Lipinski definition) is 4. The van der Waals surface area contributed by atoms with Crippen LogP contribution in [0.4, 0.5) is 0 Å². The van der Waals surface area contributed by atoms with E-state index in [9.17, 15) is 0 Å². The zero-order chi connectivity index (χ0) is 9.80. The van der Waals surface area contributed by atoms with Gasteiger partial charge in [0, 0.05) is 23.6 Å². The van der Waals surface area contributed by atoms with Crippen LogP contribution in [-0.2, 0) is 6.54 Å². The Labute approximate surface area is 88.5 Å². The number of thioether (sulfide) groups is 1. The van der Waals surface area contributed by atoms with Crippen LogP contribution in [0.25, 0.3) is 0 Å². The van der Waals surface area contributed by atoms with Gasteiger partial charge in [-0.05, 0) is 18.9 Å². The summed E-state index contributed by atoms with van der Waals surface area (Å²) in [4.78, 5) is 0. The molecule has 0 unspecified atom stereocenters. The lowest BCUT2D eigenvalue weighted by Gasteiger charge is -2.09. The third-order valence-corrected chi connectivity index (χ3v) is 3.94. The van der Waals surface area contributed by atoms with Gasteiger partial charge in [0.1, 0.15) is 5.03 Å². The highest BCUT2D eigenvalue weighted by atomic mass is 32.2. The van der Waals surface area contributed by atoms with Crippen LogP contribution in [0.15, 0.2) is 17.3 Å². The van der Waals surface area contributed by atoms with Crippen LogP contribution in [0.5, 0.6) is 0 Å². The summed E-state index contributed by atoms with van der Waals surface area (Å²) in [6, 6.07) is 1.96. The van der Waals surface area contributed by atoms with E-state index in [0.29, 0.717) is 6.54 Å². The van der Waals surface area contributed by atoms with Gasteiger partial charge in [-0.2, -0.15) is 5.10 Å². The number of rotatable bonds is 3. The molecule has 0 amide bonds. The van der Waals surface area contributed by atoms with E-state index in [1.54, 1.807) is 6.20 Å². The number of nitrogens with two attached hydrogens (primary N) is 1. The second kappa shape index (κ2) is 4.75. The van der Waals surface area contributed by atoms with Gasteiger partial charge >= 0.3 is 0 Å². The Morgan fingerprint density at radius 2 is 2.21 bits per heavy atom. The van der Waals surface area contributed by atoms with Gasteiger partial charge in [-0.25, -0.2) is 0 Å². The summed E-state index contributed by atoms with van der Waals surface area (Å²) in [7, 11) is 0. The molecular formula is C10H15N3S. The minimum absolute atomic E-state index is 0.560. The maximum absolute atomic E-state index is 5.64. The van der Waals surface area contributed by atoms with Gasteiger partial charge in [-0.1, -0.05) is 12.8 Å². The zero-order valence-electron chi connectivity index (χ0n) is 8.15. The lowest BCUT2D eigenvalue weighted by atomic mass is 10.3. The molecule has 0 spiro atoms. The third kappa shape index (κ3) is 2.25. The van der Waals surface area contributed by atoms with Crippen LogP contribution >= 0.6 is 11.8 Å². The Hall–Kier alpha value is -0.610. The minimum Gasteiger partial charge on any atom is -0.326 e. The van der Waals surface area contributed by atoms with Crippen molar-refractivity contribution < 1.29 is 0 Å². The lowest BCUT2D eigenvalue weighted by molar-refractivity contribution is 0.847. The average Bonchev–Trinajstić information content (AvgIpc) is 2.71. The zero-order valence-corrected chi connectivity index (χ0v) is 8.96. The van der Waals surface area contributed by atoms with E-state index in [1.165, 1.54) is 25.7 Å². The predicted octanol–water partition coefficient (Wildman–Crippen LogP) is 1.97. The van der Waals surface area contributed by atoms with Gasteiger partial charge < -0.3 is 5.73 Å². The van der Waals surface area contributed by atoms with E-state index in [2.05, 4.69) is 10.2 Å².